The smallest absolute Gasteiger partial charge is 0.313 e. The number of amides is 3. The van der Waals surface area contributed by atoms with Crippen molar-refractivity contribution in [2.75, 3.05) is 16.3 Å². The molecule has 2 aliphatic rings. The largest absolute Gasteiger partial charge is 0.481 e. The molecule has 4 rings (SSSR count). The summed E-state index contributed by atoms with van der Waals surface area (Å²) in [6, 6.07) is 12.5. The quantitative estimate of drug-likeness (QED) is 0.134. The topological polar surface area (TPSA) is 245 Å². The number of rotatable bonds is 15. The van der Waals surface area contributed by atoms with Gasteiger partial charge < -0.3 is 31.3 Å². The third-order valence-corrected chi connectivity index (χ3v) is 9.42. The van der Waals surface area contributed by atoms with Crippen molar-refractivity contribution in [3.63, 3.8) is 0 Å². The molecule has 2 aliphatic carbocycles. The van der Waals surface area contributed by atoms with E-state index in [1.54, 1.807) is 80.6 Å². The van der Waals surface area contributed by atoms with E-state index < -0.39 is 68.6 Å². The predicted octanol–water partition coefficient (Wildman–Crippen LogP) is 4.35. The molecule has 0 aliphatic heterocycles. The minimum absolute atomic E-state index is 0.00969. The summed E-state index contributed by atoms with van der Waals surface area (Å²) >= 11 is 0. The molecule has 0 spiro atoms. The lowest BCUT2D eigenvalue weighted by molar-refractivity contribution is -0.143. The molecular formula is C38H44N4O11S. The van der Waals surface area contributed by atoms with E-state index in [0.717, 1.165) is 6.26 Å². The van der Waals surface area contributed by atoms with Crippen molar-refractivity contribution in [1.82, 2.24) is 10.6 Å². The average Bonchev–Trinajstić information content (AvgIpc) is 3.11. The highest BCUT2D eigenvalue weighted by molar-refractivity contribution is 7.92. The van der Waals surface area contributed by atoms with Crippen LogP contribution in [0.15, 0.2) is 97.1 Å². The van der Waals surface area contributed by atoms with Crippen LogP contribution in [0.4, 0.5) is 11.4 Å². The van der Waals surface area contributed by atoms with E-state index in [1.165, 1.54) is 30.4 Å². The molecule has 2 aromatic carbocycles. The minimum atomic E-state index is -3.56. The van der Waals surface area contributed by atoms with Gasteiger partial charge in [-0.3, -0.25) is 33.5 Å². The van der Waals surface area contributed by atoms with Gasteiger partial charge in [0.15, 0.2) is 0 Å². The van der Waals surface area contributed by atoms with Gasteiger partial charge in [-0.25, -0.2) is 8.42 Å². The molecule has 15 nitrogen and oxygen atoms in total. The fourth-order valence-electron chi connectivity index (χ4n) is 5.98. The first-order valence-corrected chi connectivity index (χ1v) is 18.9. The Hall–Kier alpha value is -6.03. The number of aliphatic carboxylic acids is 3. The molecule has 0 bridgehead atoms. The van der Waals surface area contributed by atoms with Crippen molar-refractivity contribution in [1.29, 1.82) is 0 Å². The number of allylic oxidation sites excluding steroid dienone is 4. The number of anilines is 2. The van der Waals surface area contributed by atoms with Crippen molar-refractivity contribution in [2.45, 2.75) is 57.0 Å². The number of carbonyl (C=O) groups excluding carboxylic acids is 3. The van der Waals surface area contributed by atoms with Crippen LogP contribution in [-0.2, 0) is 29.2 Å². The van der Waals surface area contributed by atoms with Crippen LogP contribution in [0.5, 0.6) is 0 Å². The maximum atomic E-state index is 13.0. The fourth-order valence-corrected chi connectivity index (χ4v) is 6.56. The number of sulfonamides is 1. The Morgan fingerprint density at radius 2 is 1.11 bits per heavy atom. The maximum absolute atomic E-state index is 13.0. The van der Waals surface area contributed by atoms with E-state index >= 15 is 0 Å². The first-order chi connectivity index (χ1) is 25.5. The number of carbonyl (C=O) groups is 6. The lowest BCUT2D eigenvalue weighted by Crippen LogP contribution is -2.54. The third-order valence-electron chi connectivity index (χ3n) is 8.83. The molecule has 54 heavy (non-hydrogen) atoms. The maximum Gasteiger partial charge on any atom is 0.313 e. The number of carboxylic acids is 3. The van der Waals surface area contributed by atoms with Gasteiger partial charge in [-0.2, -0.15) is 0 Å². The summed E-state index contributed by atoms with van der Waals surface area (Å²) in [4.78, 5) is 71.6. The van der Waals surface area contributed by atoms with Crippen molar-refractivity contribution in [3.05, 3.63) is 108 Å². The third kappa shape index (κ3) is 11.2. The van der Waals surface area contributed by atoms with Crippen molar-refractivity contribution < 1.29 is 52.5 Å². The second-order valence-corrected chi connectivity index (χ2v) is 14.3. The van der Waals surface area contributed by atoms with Crippen LogP contribution in [0.1, 0.15) is 66.7 Å². The van der Waals surface area contributed by atoms with E-state index in [-0.39, 0.29) is 41.8 Å². The van der Waals surface area contributed by atoms with Crippen LogP contribution in [0.25, 0.3) is 0 Å². The predicted molar refractivity (Wildman–Crippen MR) is 201 cm³/mol. The zero-order valence-corrected chi connectivity index (χ0v) is 30.8. The van der Waals surface area contributed by atoms with Crippen molar-refractivity contribution in [3.8, 4) is 0 Å². The number of para-hydroxylation sites is 2. The minimum Gasteiger partial charge on any atom is -0.481 e. The highest BCUT2D eigenvalue weighted by atomic mass is 32.2. The molecule has 4 atom stereocenters. The molecule has 0 saturated carbocycles. The Balaban J connectivity index is 0.000000294. The van der Waals surface area contributed by atoms with Crippen LogP contribution >= 0.6 is 0 Å². The van der Waals surface area contributed by atoms with Crippen LogP contribution in [0.3, 0.4) is 0 Å². The highest BCUT2D eigenvalue weighted by Gasteiger charge is 2.42. The van der Waals surface area contributed by atoms with Gasteiger partial charge in [0.2, 0.25) is 15.9 Å². The van der Waals surface area contributed by atoms with Crippen LogP contribution in [0.2, 0.25) is 0 Å². The van der Waals surface area contributed by atoms with Crippen LogP contribution in [0, 0.1) is 11.8 Å². The molecule has 0 saturated heterocycles. The van der Waals surface area contributed by atoms with Crippen molar-refractivity contribution in [2.24, 2.45) is 11.8 Å². The second-order valence-electron chi connectivity index (χ2n) is 12.6. The van der Waals surface area contributed by atoms with Gasteiger partial charge >= 0.3 is 17.9 Å². The zero-order chi connectivity index (χ0) is 40.1. The van der Waals surface area contributed by atoms with E-state index in [9.17, 15) is 47.4 Å². The van der Waals surface area contributed by atoms with E-state index in [2.05, 4.69) is 20.7 Å². The van der Waals surface area contributed by atoms with Gasteiger partial charge in [-0.1, -0.05) is 86.7 Å². The number of carboxylic acid groups (broad SMARTS) is 3. The Bertz CT molecular complexity index is 1990. The van der Waals surface area contributed by atoms with Gasteiger partial charge in [-0.15, -0.1) is 0 Å². The number of hydrogen-bond donors (Lipinski definition) is 7. The van der Waals surface area contributed by atoms with Crippen molar-refractivity contribution >= 4 is 57.0 Å². The summed E-state index contributed by atoms with van der Waals surface area (Å²) < 4.78 is 25.3. The molecule has 0 heterocycles. The van der Waals surface area contributed by atoms with Gasteiger partial charge in [-0.05, 0) is 43.5 Å². The Labute approximate surface area is 313 Å². The summed E-state index contributed by atoms with van der Waals surface area (Å²) in [6.07, 6.45) is 14.8. The van der Waals surface area contributed by atoms with Gasteiger partial charge in [0.05, 0.1) is 39.8 Å². The number of nitrogens with one attached hydrogen (secondary N) is 4. The first-order valence-electron chi connectivity index (χ1n) is 17.0. The normalized spacial score (nSPS) is 21.2. The average molecular weight is 765 g/mol. The van der Waals surface area contributed by atoms with Gasteiger partial charge in [0.1, 0.15) is 11.8 Å². The summed E-state index contributed by atoms with van der Waals surface area (Å²) in [5.41, 5.74) is -1.45. The molecule has 7 N–H and O–H groups in total. The van der Waals surface area contributed by atoms with E-state index in [4.69, 9.17) is 5.11 Å². The first kappa shape index (κ1) is 42.4. The fraction of sp³-hybridized carbons (Fsp3) is 0.316. The summed E-state index contributed by atoms with van der Waals surface area (Å²) in [5.74, 6) is -6.39. The molecule has 0 aromatic heterocycles. The Kier molecular flexibility index (Phi) is 14.6. The molecule has 4 unspecified atom stereocenters. The molecular weight excluding hydrogens is 721 g/mol. The van der Waals surface area contributed by atoms with Gasteiger partial charge in [0.25, 0.3) is 11.8 Å². The standard InChI is InChI=1S/C21H24N2O6.C17H20N2O5S/c1-2-21(13-6-5-9-15(21)20(28)29)23-19(27)14-8-3-4-10-16(14)22-17(24)11-7-12-18(25)26;1-3-17(11-7-6-9-13(17)16(21)22)18-15(20)12-8-4-5-10-14(12)19-25(2,23)24/h3-6,8-10,13,15H,2,7,11-12H2,1H3,(H,22,24)(H,23,27)(H,25,26)(H,28,29);4-11,13,19H,3H2,1-2H3,(H,18,20)(H,21,22). The summed E-state index contributed by atoms with van der Waals surface area (Å²) in [7, 11) is -3.56. The van der Waals surface area contributed by atoms with Gasteiger partial charge in [0, 0.05) is 12.8 Å². The molecule has 288 valence electrons. The van der Waals surface area contributed by atoms with Crippen LogP contribution in [-0.4, -0.2) is 76.7 Å². The molecule has 0 fully saturated rings. The Morgan fingerprint density at radius 3 is 1.54 bits per heavy atom. The Morgan fingerprint density at radius 1 is 0.667 bits per heavy atom. The lowest BCUT2D eigenvalue weighted by Gasteiger charge is -2.36. The van der Waals surface area contributed by atoms with E-state index in [1.807, 2.05) is 0 Å². The molecule has 0 radical (unpaired) electrons. The van der Waals surface area contributed by atoms with E-state index in [0.29, 0.717) is 12.8 Å². The van der Waals surface area contributed by atoms with Crippen LogP contribution < -0.4 is 20.7 Å². The SMILES string of the molecule is CCC1(NC(=O)c2ccccc2NC(=O)CCCC(=O)O)C=CC=CC1C(=O)O.CCC1(NC(=O)c2ccccc2NS(C)(=O)=O)C=CC=CC1C(=O)O. The zero-order valence-electron chi connectivity index (χ0n) is 29.9. The number of hydrogen-bond acceptors (Lipinski definition) is 8. The monoisotopic (exact) mass is 764 g/mol. The molecule has 16 heteroatoms. The number of benzene rings is 2. The second kappa shape index (κ2) is 18.6. The highest BCUT2D eigenvalue weighted by Crippen LogP contribution is 2.31. The lowest BCUT2D eigenvalue weighted by atomic mass is 9.78. The summed E-state index contributed by atoms with van der Waals surface area (Å²) in [5, 5.41) is 35.9. The summed E-state index contributed by atoms with van der Waals surface area (Å²) in [6.45, 7) is 3.57. The molecule has 2 aromatic rings. The molecule has 3 amide bonds.